The van der Waals surface area contributed by atoms with Crippen LogP contribution in [0.5, 0.6) is 0 Å². The van der Waals surface area contributed by atoms with Crippen LogP contribution in [0.15, 0.2) is 30.3 Å². The highest BCUT2D eigenvalue weighted by Crippen LogP contribution is 2.32. The average Bonchev–Trinajstić information content (AvgIpc) is 3.15. The Morgan fingerprint density at radius 3 is 2.25 bits per heavy atom. The van der Waals surface area contributed by atoms with Crippen LogP contribution in [0.3, 0.4) is 0 Å². The Labute approximate surface area is 147 Å². The maximum absolute atomic E-state index is 12.6. The van der Waals surface area contributed by atoms with Gasteiger partial charge >= 0.3 is 0 Å². The molecule has 2 heterocycles. The summed E-state index contributed by atoms with van der Waals surface area (Å²) in [5.74, 6) is 2.07. The van der Waals surface area contributed by atoms with Gasteiger partial charge in [0.25, 0.3) is 0 Å². The van der Waals surface area contributed by atoms with E-state index >= 15 is 0 Å². The van der Waals surface area contributed by atoms with E-state index in [0.29, 0.717) is 17.7 Å². The molecule has 132 valence electrons. The normalized spacial score (nSPS) is 23.9. The van der Waals surface area contributed by atoms with Gasteiger partial charge in [-0.3, -0.25) is 4.79 Å². The molecule has 3 heteroatoms. The minimum absolute atomic E-state index is 0.241. The Bertz CT molecular complexity index is 512. The number of likely N-dealkylation sites (tertiary alicyclic amines) is 2. The van der Waals surface area contributed by atoms with Gasteiger partial charge in [0, 0.05) is 32.1 Å². The van der Waals surface area contributed by atoms with E-state index in [0.717, 1.165) is 25.9 Å². The monoisotopic (exact) mass is 328 g/mol. The molecule has 0 saturated carbocycles. The Morgan fingerprint density at radius 2 is 1.67 bits per heavy atom. The van der Waals surface area contributed by atoms with Crippen LogP contribution in [-0.4, -0.2) is 48.4 Å². The molecule has 2 saturated heterocycles. The van der Waals surface area contributed by atoms with Crippen molar-refractivity contribution in [3.63, 3.8) is 0 Å². The molecule has 2 atom stereocenters. The van der Waals surface area contributed by atoms with Crippen molar-refractivity contribution in [1.29, 1.82) is 0 Å². The van der Waals surface area contributed by atoms with Crippen LogP contribution < -0.4 is 0 Å². The summed E-state index contributed by atoms with van der Waals surface area (Å²) in [6, 6.07) is 10.8. The van der Waals surface area contributed by atoms with E-state index in [1.165, 1.54) is 38.0 Å². The number of rotatable bonds is 7. The van der Waals surface area contributed by atoms with Crippen LogP contribution >= 0.6 is 0 Å². The zero-order valence-electron chi connectivity index (χ0n) is 15.3. The molecular formula is C21H32N2O. The molecule has 0 bridgehead atoms. The molecule has 1 unspecified atom stereocenters. The van der Waals surface area contributed by atoms with Crippen LogP contribution in [0.2, 0.25) is 0 Å². The van der Waals surface area contributed by atoms with Crippen LogP contribution in [0.25, 0.3) is 0 Å². The van der Waals surface area contributed by atoms with Crippen molar-refractivity contribution in [3.8, 4) is 0 Å². The summed E-state index contributed by atoms with van der Waals surface area (Å²) < 4.78 is 0. The van der Waals surface area contributed by atoms with Gasteiger partial charge in [-0.1, -0.05) is 44.2 Å². The molecule has 0 aromatic heterocycles. The summed E-state index contributed by atoms with van der Waals surface area (Å²) in [7, 11) is 0. The summed E-state index contributed by atoms with van der Waals surface area (Å²) in [4.78, 5) is 17.3. The van der Waals surface area contributed by atoms with Gasteiger partial charge in [0.2, 0.25) is 5.91 Å². The molecule has 1 aromatic carbocycles. The van der Waals surface area contributed by atoms with Crippen molar-refractivity contribution in [2.45, 2.75) is 39.5 Å². The zero-order valence-corrected chi connectivity index (χ0v) is 15.3. The van der Waals surface area contributed by atoms with Crippen molar-refractivity contribution in [3.05, 3.63) is 35.9 Å². The highest BCUT2D eigenvalue weighted by Gasteiger charge is 2.41. The lowest BCUT2D eigenvalue weighted by molar-refractivity contribution is -0.135. The molecule has 3 nitrogen and oxygen atoms in total. The molecule has 2 aliphatic heterocycles. The summed E-state index contributed by atoms with van der Waals surface area (Å²) in [5, 5.41) is 0. The first-order chi connectivity index (χ1) is 11.7. The topological polar surface area (TPSA) is 23.6 Å². The summed E-state index contributed by atoms with van der Waals surface area (Å²) >= 11 is 0. The number of amides is 1. The fourth-order valence-corrected chi connectivity index (χ4v) is 4.50. The maximum Gasteiger partial charge on any atom is 0.225 e. The lowest BCUT2D eigenvalue weighted by Gasteiger charge is -2.24. The van der Waals surface area contributed by atoms with E-state index in [1.54, 1.807) is 0 Å². The van der Waals surface area contributed by atoms with Crippen LogP contribution in [0.4, 0.5) is 0 Å². The van der Waals surface area contributed by atoms with Gasteiger partial charge < -0.3 is 9.80 Å². The van der Waals surface area contributed by atoms with E-state index in [9.17, 15) is 4.79 Å². The van der Waals surface area contributed by atoms with E-state index in [1.807, 2.05) is 0 Å². The van der Waals surface area contributed by atoms with Crippen molar-refractivity contribution in [2.75, 3.05) is 32.7 Å². The highest BCUT2D eigenvalue weighted by molar-refractivity contribution is 5.79. The van der Waals surface area contributed by atoms with Crippen molar-refractivity contribution in [1.82, 2.24) is 9.80 Å². The Hall–Kier alpha value is -1.35. The lowest BCUT2D eigenvalue weighted by Crippen LogP contribution is -2.37. The molecule has 2 aliphatic rings. The quantitative estimate of drug-likeness (QED) is 0.765. The Morgan fingerprint density at radius 1 is 1.04 bits per heavy atom. The SMILES string of the molecule is CCC(CC)C(=O)N1CC2CN(CCCc3ccccc3)C[C@H]2C1. The maximum atomic E-state index is 12.6. The van der Waals surface area contributed by atoms with Crippen molar-refractivity contribution in [2.24, 2.45) is 17.8 Å². The van der Waals surface area contributed by atoms with Gasteiger partial charge in [-0.15, -0.1) is 0 Å². The van der Waals surface area contributed by atoms with Gasteiger partial charge in [0.15, 0.2) is 0 Å². The van der Waals surface area contributed by atoms with E-state index in [-0.39, 0.29) is 5.92 Å². The standard InChI is InChI=1S/C21H32N2O/c1-3-18(4-2)21(24)23-15-19-13-22(14-20(19)16-23)12-8-11-17-9-6-5-7-10-17/h5-7,9-10,18-20H,3-4,8,11-16H2,1-2H3/t19-,20?/m0/s1. The number of carbonyl (C=O) groups excluding carboxylic acids is 1. The molecule has 0 spiro atoms. The summed E-state index contributed by atoms with van der Waals surface area (Å²) in [5.41, 5.74) is 1.44. The molecule has 1 aromatic rings. The van der Waals surface area contributed by atoms with Crippen LogP contribution in [0, 0.1) is 17.8 Å². The average molecular weight is 329 g/mol. The van der Waals surface area contributed by atoms with Crippen LogP contribution in [-0.2, 0) is 11.2 Å². The van der Waals surface area contributed by atoms with Gasteiger partial charge in [0.1, 0.15) is 0 Å². The molecule has 0 N–H and O–H groups in total. The second-order valence-corrected chi connectivity index (χ2v) is 7.63. The number of aryl methyl sites for hydroxylation is 1. The van der Waals surface area contributed by atoms with Gasteiger partial charge in [-0.2, -0.15) is 0 Å². The third-order valence-electron chi connectivity index (χ3n) is 5.99. The zero-order chi connectivity index (χ0) is 16.9. The second kappa shape index (κ2) is 8.15. The summed E-state index contributed by atoms with van der Waals surface area (Å²) in [6.45, 7) is 9.83. The number of hydrogen-bond acceptors (Lipinski definition) is 2. The number of fused-ring (bicyclic) bond motifs is 1. The highest BCUT2D eigenvalue weighted by atomic mass is 16.2. The summed E-state index contributed by atoms with van der Waals surface area (Å²) in [6.07, 6.45) is 4.37. The van der Waals surface area contributed by atoms with Crippen LogP contribution in [0.1, 0.15) is 38.7 Å². The van der Waals surface area contributed by atoms with Gasteiger partial charge in [-0.05, 0) is 49.6 Å². The Balaban J connectivity index is 1.41. The van der Waals surface area contributed by atoms with Gasteiger partial charge in [-0.25, -0.2) is 0 Å². The molecule has 1 amide bonds. The number of hydrogen-bond donors (Lipinski definition) is 0. The molecular weight excluding hydrogens is 296 g/mol. The third-order valence-corrected chi connectivity index (χ3v) is 5.99. The molecule has 3 rings (SSSR count). The third kappa shape index (κ3) is 4.00. The number of nitrogens with zero attached hydrogens (tertiary/aromatic N) is 2. The predicted octanol–water partition coefficient (Wildman–Crippen LogP) is 3.45. The van der Waals surface area contributed by atoms with E-state index in [4.69, 9.17) is 0 Å². The number of carbonyl (C=O) groups is 1. The minimum atomic E-state index is 0.241. The fourth-order valence-electron chi connectivity index (χ4n) is 4.50. The first kappa shape index (κ1) is 17.5. The van der Waals surface area contributed by atoms with Crippen molar-refractivity contribution < 1.29 is 4.79 Å². The van der Waals surface area contributed by atoms with E-state index in [2.05, 4.69) is 54.0 Å². The molecule has 2 fully saturated rings. The molecule has 0 aliphatic carbocycles. The largest absolute Gasteiger partial charge is 0.342 e. The Kier molecular flexibility index (Phi) is 5.94. The second-order valence-electron chi connectivity index (χ2n) is 7.63. The predicted molar refractivity (Wildman–Crippen MR) is 98.8 cm³/mol. The smallest absolute Gasteiger partial charge is 0.225 e. The fraction of sp³-hybridized carbons (Fsp3) is 0.667. The number of benzene rings is 1. The first-order valence-corrected chi connectivity index (χ1v) is 9.76. The minimum Gasteiger partial charge on any atom is -0.342 e. The lowest BCUT2D eigenvalue weighted by atomic mass is 10.0. The van der Waals surface area contributed by atoms with E-state index < -0.39 is 0 Å². The first-order valence-electron chi connectivity index (χ1n) is 9.76. The van der Waals surface area contributed by atoms with Gasteiger partial charge in [0.05, 0.1) is 0 Å². The van der Waals surface area contributed by atoms with Crippen molar-refractivity contribution >= 4 is 5.91 Å². The molecule has 24 heavy (non-hydrogen) atoms. The molecule has 0 radical (unpaired) electrons.